The molecule has 0 radical (unpaired) electrons. The first-order valence-electron chi connectivity index (χ1n) is 5.69. The van der Waals surface area contributed by atoms with Gasteiger partial charge in [-0.2, -0.15) is 0 Å². The summed E-state index contributed by atoms with van der Waals surface area (Å²) in [5.41, 5.74) is 7.17. The number of nitrogens with zero attached hydrogens (tertiary/aromatic N) is 2. The van der Waals surface area contributed by atoms with Gasteiger partial charge in [0.15, 0.2) is 5.16 Å². The minimum atomic E-state index is -0.283. The van der Waals surface area contributed by atoms with Crippen LogP contribution < -0.4 is 5.73 Å². The van der Waals surface area contributed by atoms with E-state index < -0.39 is 0 Å². The molecule has 4 nitrogen and oxygen atoms in total. The lowest BCUT2D eigenvalue weighted by molar-refractivity contribution is -0.117. The van der Waals surface area contributed by atoms with E-state index in [9.17, 15) is 4.79 Å². The van der Waals surface area contributed by atoms with Crippen LogP contribution in [0.1, 0.15) is 6.42 Å². The van der Waals surface area contributed by atoms with Crippen molar-refractivity contribution in [3.8, 4) is 0 Å². The molecular formula is C13H15N3OS. The highest BCUT2D eigenvalue weighted by molar-refractivity contribution is 7.99. The number of para-hydroxylation sites is 2. The van der Waals surface area contributed by atoms with Crippen molar-refractivity contribution in [3.05, 3.63) is 36.9 Å². The lowest BCUT2D eigenvalue weighted by atomic mass is 10.3. The zero-order valence-corrected chi connectivity index (χ0v) is 10.8. The Bertz CT molecular complexity index is 577. The predicted molar refractivity (Wildman–Crippen MR) is 74.5 cm³/mol. The highest BCUT2D eigenvalue weighted by atomic mass is 32.2. The van der Waals surface area contributed by atoms with Crippen LogP contribution in [0.4, 0.5) is 0 Å². The van der Waals surface area contributed by atoms with Crippen LogP contribution in [0.5, 0.6) is 0 Å². The molecule has 0 aliphatic heterocycles. The van der Waals surface area contributed by atoms with Gasteiger partial charge >= 0.3 is 0 Å². The topological polar surface area (TPSA) is 60.9 Å². The highest BCUT2D eigenvalue weighted by Crippen LogP contribution is 2.24. The molecule has 0 spiro atoms. The van der Waals surface area contributed by atoms with Crippen LogP contribution in [0.2, 0.25) is 0 Å². The molecule has 1 aromatic heterocycles. The number of aromatic nitrogens is 2. The fourth-order valence-corrected chi connectivity index (χ4v) is 2.69. The Balaban J connectivity index is 2.27. The number of allylic oxidation sites excluding steroid dienone is 1. The van der Waals surface area contributed by atoms with E-state index >= 15 is 0 Å². The highest BCUT2D eigenvalue weighted by Gasteiger charge is 2.09. The summed E-state index contributed by atoms with van der Waals surface area (Å²) in [7, 11) is 0. The molecule has 1 amide bonds. The fourth-order valence-electron chi connectivity index (χ4n) is 1.71. The molecule has 2 aromatic rings. The zero-order chi connectivity index (χ0) is 13.0. The maximum Gasteiger partial charge on any atom is 0.218 e. The standard InChI is InChI=1S/C13H15N3OS/c1-2-8-16-11-6-4-3-5-10(11)15-13(16)18-9-7-12(14)17/h2-6H,1,7-9H2,(H2,14,17). The van der Waals surface area contributed by atoms with Crippen LogP contribution in [0.15, 0.2) is 42.1 Å². The molecule has 0 fully saturated rings. The number of imidazole rings is 1. The van der Waals surface area contributed by atoms with E-state index in [1.54, 1.807) is 11.8 Å². The molecular weight excluding hydrogens is 246 g/mol. The average molecular weight is 261 g/mol. The molecule has 2 rings (SSSR count). The van der Waals surface area contributed by atoms with Gasteiger partial charge in [0.05, 0.1) is 11.0 Å². The molecule has 0 aliphatic carbocycles. The number of thioether (sulfide) groups is 1. The van der Waals surface area contributed by atoms with Crippen LogP contribution in [0.3, 0.4) is 0 Å². The average Bonchev–Trinajstić information content (AvgIpc) is 2.68. The first kappa shape index (κ1) is 12.7. The summed E-state index contributed by atoms with van der Waals surface area (Å²) in [6, 6.07) is 7.96. The molecule has 0 aliphatic rings. The normalized spacial score (nSPS) is 10.7. The van der Waals surface area contributed by atoms with Crippen molar-refractivity contribution < 1.29 is 4.79 Å². The van der Waals surface area contributed by atoms with E-state index in [0.717, 1.165) is 16.2 Å². The Morgan fingerprint density at radius 2 is 2.28 bits per heavy atom. The second-order valence-electron chi connectivity index (χ2n) is 3.85. The SMILES string of the molecule is C=CCn1c(SCCC(N)=O)nc2ccccc21. The summed E-state index contributed by atoms with van der Waals surface area (Å²) in [5, 5.41) is 0.900. The minimum Gasteiger partial charge on any atom is -0.370 e. The molecule has 0 unspecified atom stereocenters. The Hall–Kier alpha value is -1.75. The summed E-state index contributed by atoms with van der Waals surface area (Å²) >= 11 is 1.54. The Morgan fingerprint density at radius 3 is 3.00 bits per heavy atom. The molecule has 1 aromatic carbocycles. The van der Waals surface area contributed by atoms with Gasteiger partial charge in [0.25, 0.3) is 0 Å². The van der Waals surface area contributed by atoms with Crippen LogP contribution in [-0.4, -0.2) is 21.2 Å². The number of fused-ring (bicyclic) bond motifs is 1. The number of hydrogen-bond donors (Lipinski definition) is 1. The molecule has 0 saturated heterocycles. The molecule has 1 heterocycles. The lowest BCUT2D eigenvalue weighted by Crippen LogP contribution is -2.11. The third-order valence-corrected chi connectivity index (χ3v) is 3.49. The first-order valence-corrected chi connectivity index (χ1v) is 6.68. The smallest absolute Gasteiger partial charge is 0.218 e. The van der Waals surface area contributed by atoms with Crippen molar-refractivity contribution in [2.24, 2.45) is 5.73 Å². The van der Waals surface area contributed by atoms with Gasteiger partial charge in [0.1, 0.15) is 0 Å². The number of benzene rings is 1. The van der Waals surface area contributed by atoms with E-state index in [1.165, 1.54) is 0 Å². The second-order valence-corrected chi connectivity index (χ2v) is 4.91. The summed E-state index contributed by atoms with van der Waals surface area (Å²) < 4.78 is 2.09. The van der Waals surface area contributed by atoms with Gasteiger partial charge in [-0.25, -0.2) is 4.98 Å². The zero-order valence-electron chi connectivity index (χ0n) is 10.0. The molecule has 5 heteroatoms. The monoisotopic (exact) mass is 261 g/mol. The van der Waals surface area contributed by atoms with E-state index in [0.29, 0.717) is 18.7 Å². The van der Waals surface area contributed by atoms with Crippen molar-refractivity contribution in [1.82, 2.24) is 9.55 Å². The largest absolute Gasteiger partial charge is 0.370 e. The predicted octanol–water partition coefficient (Wildman–Crippen LogP) is 2.19. The van der Waals surface area contributed by atoms with Gasteiger partial charge in [0.2, 0.25) is 5.91 Å². The summed E-state index contributed by atoms with van der Waals surface area (Å²) in [5.74, 6) is 0.365. The van der Waals surface area contributed by atoms with Gasteiger partial charge < -0.3 is 10.3 Å². The van der Waals surface area contributed by atoms with E-state index in [4.69, 9.17) is 5.73 Å². The number of carbonyl (C=O) groups excluding carboxylic acids is 1. The molecule has 0 saturated carbocycles. The van der Waals surface area contributed by atoms with Crippen LogP contribution >= 0.6 is 11.8 Å². The van der Waals surface area contributed by atoms with E-state index in [2.05, 4.69) is 16.1 Å². The molecule has 94 valence electrons. The number of primary amides is 1. The Kier molecular flexibility index (Phi) is 4.04. The van der Waals surface area contributed by atoms with Crippen molar-refractivity contribution in [2.45, 2.75) is 18.1 Å². The van der Waals surface area contributed by atoms with E-state index in [-0.39, 0.29) is 5.91 Å². The lowest BCUT2D eigenvalue weighted by Gasteiger charge is -2.04. The number of hydrogen-bond acceptors (Lipinski definition) is 3. The number of rotatable bonds is 6. The molecule has 0 bridgehead atoms. The Labute approximate surface area is 110 Å². The van der Waals surface area contributed by atoms with Crippen molar-refractivity contribution in [3.63, 3.8) is 0 Å². The van der Waals surface area contributed by atoms with Crippen LogP contribution in [0.25, 0.3) is 11.0 Å². The van der Waals surface area contributed by atoms with E-state index in [1.807, 2.05) is 30.3 Å². The van der Waals surface area contributed by atoms with Crippen molar-refractivity contribution >= 4 is 28.7 Å². The number of nitrogens with two attached hydrogens (primary N) is 1. The number of carbonyl (C=O) groups is 1. The van der Waals surface area contributed by atoms with Gasteiger partial charge in [-0.1, -0.05) is 30.0 Å². The molecule has 18 heavy (non-hydrogen) atoms. The van der Waals surface area contributed by atoms with Crippen LogP contribution in [-0.2, 0) is 11.3 Å². The maximum absolute atomic E-state index is 10.7. The van der Waals surface area contributed by atoms with Crippen molar-refractivity contribution in [1.29, 1.82) is 0 Å². The maximum atomic E-state index is 10.7. The third-order valence-electron chi connectivity index (χ3n) is 2.51. The number of amides is 1. The van der Waals surface area contributed by atoms with Gasteiger partial charge in [-0.15, -0.1) is 6.58 Å². The van der Waals surface area contributed by atoms with Crippen LogP contribution in [0, 0.1) is 0 Å². The van der Waals surface area contributed by atoms with Gasteiger partial charge in [-0.05, 0) is 12.1 Å². The Morgan fingerprint density at radius 1 is 1.50 bits per heavy atom. The van der Waals surface area contributed by atoms with Gasteiger partial charge in [-0.3, -0.25) is 4.79 Å². The van der Waals surface area contributed by atoms with Crippen molar-refractivity contribution in [2.75, 3.05) is 5.75 Å². The molecule has 2 N–H and O–H groups in total. The fraction of sp³-hybridized carbons (Fsp3) is 0.231. The minimum absolute atomic E-state index is 0.283. The third kappa shape index (κ3) is 2.73. The quantitative estimate of drug-likeness (QED) is 0.640. The molecule has 0 atom stereocenters. The summed E-state index contributed by atoms with van der Waals surface area (Å²) in [4.78, 5) is 15.3. The summed E-state index contributed by atoms with van der Waals surface area (Å²) in [6.45, 7) is 4.47. The second kappa shape index (κ2) is 5.73. The first-order chi connectivity index (χ1) is 8.72. The van der Waals surface area contributed by atoms with Gasteiger partial charge in [0, 0.05) is 18.7 Å². The summed E-state index contributed by atoms with van der Waals surface area (Å²) in [6.07, 6.45) is 2.20.